The van der Waals surface area contributed by atoms with Crippen molar-refractivity contribution in [1.82, 2.24) is 0 Å². The zero-order chi connectivity index (χ0) is 23.2. The largest absolute Gasteiger partial charge is 0.0645 e. The maximum absolute atomic E-state index is 2.48. The van der Waals surface area contributed by atoms with E-state index in [0.717, 1.165) is 0 Å². The molecule has 0 nitrogen and oxygen atoms in total. The van der Waals surface area contributed by atoms with Crippen LogP contribution in [0.5, 0.6) is 0 Å². The molecule has 172 valence electrons. The van der Waals surface area contributed by atoms with Gasteiger partial charge in [0.25, 0.3) is 0 Å². The molecule has 0 saturated heterocycles. The fourth-order valence-corrected chi connectivity index (χ4v) is 13.2. The Morgan fingerprint density at radius 2 is 1.00 bits per heavy atom. The Hall–Kier alpha value is -2.26. The predicted octanol–water partition coefficient (Wildman–Crippen LogP) is 7.34. The molecule has 0 heterocycles. The molecular weight excluding hydrogens is 446 g/mol. The summed E-state index contributed by atoms with van der Waals surface area (Å²) in [6.07, 6.45) is 6.56. The molecule has 1 fully saturated rings. The molecule has 0 spiro atoms. The first-order valence-electron chi connectivity index (χ1n) is 12.6. The third-order valence-corrected chi connectivity index (χ3v) is 14.1. The maximum atomic E-state index is 2.48. The third-order valence-electron chi connectivity index (χ3n) is 7.42. The normalized spacial score (nSPS) is 20.5. The van der Waals surface area contributed by atoms with E-state index < -0.39 is 15.8 Å². The lowest BCUT2D eigenvalue weighted by molar-refractivity contribution is 0.392. The Labute approximate surface area is 208 Å². The van der Waals surface area contributed by atoms with Crippen LogP contribution in [0.4, 0.5) is 0 Å². The van der Waals surface area contributed by atoms with Gasteiger partial charge in [0.1, 0.15) is 0 Å². The van der Waals surface area contributed by atoms with Gasteiger partial charge in [-0.1, -0.05) is 141 Å². The van der Waals surface area contributed by atoms with E-state index in [4.69, 9.17) is 0 Å². The number of hydrogen-bond acceptors (Lipinski definition) is 0. The van der Waals surface area contributed by atoms with Crippen LogP contribution in [-0.4, -0.2) is 10.8 Å². The average molecular weight is 481 g/mol. The van der Waals surface area contributed by atoms with Crippen molar-refractivity contribution < 1.29 is 0 Å². The van der Waals surface area contributed by atoms with E-state index in [1.165, 1.54) is 53.3 Å². The molecule has 4 aromatic carbocycles. The van der Waals surface area contributed by atoms with Gasteiger partial charge in [0, 0.05) is 5.16 Å². The molecule has 1 unspecified atom stereocenters. The van der Waals surface area contributed by atoms with Gasteiger partial charge in [0.2, 0.25) is 0 Å². The lowest BCUT2D eigenvalue weighted by atomic mass is 9.85. The summed E-state index contributed by atoms with van der Waals surface area (Å²) in [5.41, 5.74) is 0.664. The SMILES string of the molecule is CC[C@]1(P(c2ccccc2)c2ccccc2)CCCCC1P(c1ccccc1)c1ccccc1. The molecule has 0 aliphatic heterocycles. The third kappa shape index (κ3) is 4.64. The average Bonchev–Trinajstić information content (AvgIpc) is 2.92. The molecule has 0 amide bonds. The molecule has 0 N–H and O–H groups in total. The van der Waals surface area contributed by atoms with Crippen LogP contribution >= 0.6 is 15.8 Å². The van der Waals surface area contributed by atoms with Crippen LogP contribution in [0.3, 0.4) is 0 Å². The first-order valence-corrected chi connectivity index (χ1v) is 15.4. The first kappa shape index (κ1) is 23.5. The molecule has 34 heavy (non-hydrogen) atoms. The highest BCUT2D eigenvalue weighted by molar-refractivity contribution is 7.78. The van der Waals surface area contributed by atoms with E-state index in [2.05, 4.69) is 128 Å². The first-order chi connectivity index (χ1) is 16.8. The standard InChI is InChI=1S/C32H34P2/c1-2-32(34(29-21-11-5-12-22-29)30-23-13-6-14-24-30)26-16-15-25-31(32)33(27-17-7-3-8-18-27)28-19-9-4-10-20-28/h3-14,17-24,31H,2,15-16,25-26H2,1H3/t31?,32-/m0/s1. The highest BCUT2D eigenvalue weighted by Crippen LogP contribution is 2.64. The lowest BCUT2D eigenvalue weighted by Gasteiger charge is -2.52. The zero-order valence-electron chi connectivity index (χ0n) is 20.1. The predicted molar refractivity (Wildman–Crippen MR) is 153 cm³/mol. The molecule has 4 aromatic rings. The Morgan fingerprint density at radius 1 is 0.588 bits per heavy atom. The van der Waals surface area contributed by atoms with Gasteiger partial charge in [-0.15, -0.1) is 0 Å². The quantitative estimate of drug-likeness (QED) is 0.243. The van der Waals surface area contributed by atoms with Crippen LogP contribution in [0.2, 0.25) is 0 Å². The molecule has 2 atom stereocenters. The molecule has 1 aliphatic rings. The van der Waals surface area contributed by atoms with E-state index in [0.29, 0.717) is 5.66 Å². The van der Waals surface area contributed by atoms with Crippen LogP contribution in [0, 0.1) is 0 Å². The van der Waals surface area contributed by atoms with E-state index in [9.17, 15) is 0 Å². The van der Waals surface area contributed by atoms with Crippen LogP contribution < -0.4 is 21.2 Å². The van der Waals surface area contributed by atoms with Gasteiger partial charge in [-0.2, -0.15) is 0 Å². The number of rotatable bonds is 7. The van der Waals surface area contributed by atoms with E-state index in [1.807, 2.05) is 0 Å². The van der Waals surface area contributed by atoms with Crippen LogP contribution in [0.15, 0.2) is 121 Å². The van der Waals surface area contributed by atoms with Crippen molar-refractivity contribution in [2.45, 2.75) is 49.8 Å². The molecule has 2 heteroatoms. The number of benzene rings is 4. The van der Waals surface area contributed by atoms with Gasteiger partial charge in [-0.3, -0.25) is 0 Å². The lowest BCUT2D eigenvalue weighted by Crippen LogP contribution is -2.48. The van der Waals surface area contributed by atoms with Crippen molar-refractivity contribution >= 4 is 37.1 Å². The van der Waals surface area contributed by atoms with Gasteiger partial charge >= 0.3 is 0 Å². The fourth-order valence-electron chi connectivity index (χ4n) is 5.91. The minimum atomic E-state index is -0.490. The molecule has 0 aromatic heterocycles. The Kier molecular flexibility index (Phi) is 7.59. The molecule has 0 bridgehead atoms. The zero-order valence-corrected chi connectivity index (χ0v) is 21.8. The summed E-state index contributed by atoms with van der Waals surface area (Å²) in [6, 6.07) is 45.7. The van der Waals surface area contributed by atoms with Crippen LogP contribution in [-0.2, 0) is 0 Å². The summed E-state index contributed by atoms with van der Waals surface area (Å²) in [4.78, 5) is 0. The maximum Gasteiger partial charge on any atom is 0.00564 e. The summed E-state index contributed by atoms with van der Waals surface area (Å²) < 4.78 is 0. The summed E-state index contributed by atoms with van der Waals surface area (Å²) >= 11 is 0. The van der Waals surface area contributed by atoms with Gasteiger partial charge in [-0.05, 0) is 62.0 Å². The smallest absolute Gasteiger partial charge is 0.00564 e. The monoisotopic (exact) mass is 480 g/mol. The van der Waals surface area contributed by atoms with E-state index >= 15 is 0 Å². The second kappa shape index (κ2) is 11.0. The van der Waals surface area contributed by atoms with E-state index in [1.54, 1.807) is 0 Å². The van der Waals surface area contributed by atoms with E-state index in [-0.39, 0.29) is 5.16 Å². The summed E-state index contributed by atoms with van der Waals surface area (Å²) in [5.74, 6) is 0. The van der Waals surface area contributed by atoms with Crippen molar-refractivity contribution in [2.75, 3.05) is 0 Å². The second-order valence-corrected chi connectivity index (χ2v) is 14.3. The Morgan fingerprint density at radius 3 is 1.41 bits per heavy atom. The molecule has 0 radical (unpaired) electrons. The van der Waals surface area contributed by atoms with Gasteiger partial charge in [0.15, 0.2) is 0 Å². The second-order valence-electron chi connectivity index (χ2n) is 9.27. The molecule has 1 saturated carbocycles. The minimum Gasteiger partial charge on any atom is -0.0645 e. The minimum absolute atomic E-state index is 0.285. The highest BCUT2D eigenvalue weighted by Gasteiger charge is 2.49. The topological polar surface area (TPSA) is 0 Å². The van der Waals surface area contributed by atoms with Crippen LogP contribution in [0.25, 0.3) is 0 Å². The molecule has 5 rings (SSSR count). The number of hydrogen-bond donors (Lipinski definition) is 0. The van der Waals surface area contributed by atoms with Gasteiger partial charge in [-0.25, -0.2) is 0 Å². The highest BCUT2D eigenvalue weighted by atomic mass is 31.1. The van der Waals surface area contributed by atoms with Crippen molar-refractivity contribution in [2.24, 2.45) is 0 Å². The van der Waals surface area contributed by atoms with Crippen molar-refractivity contribution in [3.05, 3.63) is 121 Å². The summed E-state index contributed by atoms with van der Waals surface area (Å²) in [5, 5.41) is 6.42. The van der Waals surface area contributed by atoms with Crippen molar-refractivity contribution in [3.63, 3.8) is 0 Å². The molecular formula is C32H34P2. The van der Waals surface area contributed by atoms with Gasteiger partial charge < -0.3 is 0 Å². The Balaban J connectivity index is 1.71. The molecule has 1 aliphatic carbocycles. The summed E-state index contributed by atoms with van der Waals surface area (Å²) in [6.45, 7) is 2.48. The summed E-state index contributed by atoms with van der Waals surface area (Å²) in [7, 11) is -0.949. The van der Waals surface area contributed by atoms with Crippen molar-refractivity contribution in [3.8, 4) is 0 Å². The Bertz CT molecular complexity index is 1070. The van der Waals surface area contributed by atoms with Crippen molar-refractivity contribution in [1.29, 1.82) is 0 Å². The van der Waals surface area contributed by atoms with Crippen LogP contribution in [0.1, 0.15) is 39.0 Å². The fraction of sp³-hybridized carbons (Fsp3) is 0.250. The van der Waals surface area contributed by atoms with Gasteiger partial charge in [0.05, 0.1) is 0 Å².